The minimum atomic E-state index is -3.34. The topological polar surface area (TPSA) is 99.8 Å². The van der Waals surface area contributed by atoms with E-state index in [-0.39, 0.29) is 6.04 Å². The van der Waals surface area contributed by atoms with Crippen molar-refractivity contribution in [3.8, 4) is 11.3 Å². The molecule has 7 nitrogen and oxygen atoms in total. The smallest absolute Gasteiger partial charge is 0.229 e. The van der Waals surface area contributed by atoms with Crippen LogP contribution in [0.3, 0.4) is 0 Å². The highest BCUT2D eigenvalue weighted by atomic mass is 32.2. The first kappa shape index (κ1) is 18.9. The normalized spacial score (nSPS) is 12.6. The van der Waals surface area contributed by atoms with Crippen LogP contribution in [0, 0.1) is 0 Å². The second kappa shape index (κ2) is 7.56. The van der Waals surface area contributed by atoms with Crippen LogP contribution < -0.4 is 10.0 Å². The lowest BCUT2D eigenvalue weighted by Gasteiger charge is -2.15. The highest BCUT2D eigenvalue weighted by Gasteiger charge is 2.13. The van der Waals surface area contributed by atoms with Gasteiger partial charge in [-0.2, -0.15) is 0 Å². The largest absolute Gasteiger partial charge is 0.363 e. The Morgan fingerprint density at radius 2 is 1.79 bits per heavy atom. The van der Waals surface area contributed by atoms with Crippen molar-refractivity contribution in [3.05, 3.63) is 72.6 Å². The van der Waals surface area contributed by atoms with Crippen LogP contribution in [0.15, 0.2) is 67.0 Å². The maximum Gasteiger partial charge on any atom is 0.229 e. The second-order valence-corrected chi connectivity index (χ2v) is 8.65. The van der Waals surface area contributed by atoms with Gasteiger partial charge in [-0.3, -0.25) is 4.72 Å². The number of H-pyrrole nitrogens is 1. The fraction of sp³-hybridized carbons (Fsp3) is 0.143. The summed E-state index contributed by atoms with van der Waals surface area (Å²) in [5.41, 5.74) is 4.05. The summed E-state index contributed by atoms with van der Waals surface area (Å²) in [4.78, 5) is 12.0. The van der Waals surface area contributed by atoms with Crippen molar-refractivity contribution in [2.75, 3.05) is 16.3 Å². The molecule has 4 rings (SSSR count). The molecule has 0 fully saturated rings. The number of sulfonamides is 1. The van der Waals surface area contributed by atoms with Crippen LogP contribution >= 0.6 is 0 Å². The fourth-order valence-electron chi connectivity index (χ4n) is 3.20. The molecular weight excluding hydrogens is 386 g/mol. The van der Waals surface area contributed by atoms with Gasteiger partial charge in [0.15, 0.2) is 0 Å². The van der Waals surface area contributed by atoms with Crippen LogP contribution in [0.4, 0.5) is 11.5 Å². The number of aromatic amines is 1. The van der Waals surface area contributed by atoms with Gasteiger partial charge in [0.2, 0.25) is 10.0 Å². The van der Waals surface area contributed by atoms with E-state index in [1.54, 1.807) is 18.2 Å². The van der Waals surface area contributed by atoms with Gasteiger partial charge in [-0.05, 0) is 30.7 Å². The maximum atomic E-state index is 11.5. The Morgan fingerprint density at radius 1 is 1.00 bits per heavy atom. The summed E-state index contributed by atoms with van der Waals surface area (Å²) >= 11 is 0. The average Bonchev–Trinajstić information content (AvgIpc) is 3.13. The van der Waals surface area contributed by atoms with Gasteiger partial charge in [0.25, 0.3) is 0 Å². The number of anilines is 2. The molecule has 8 heteroatoms. The van der Waals surface area contributed by atoms with E-state index in [1.807, 2.05) is 30.3 Å². The van der Waals surface area contributed by atoms with Crippen LogP contribution in [-0.2, 0) is 10.0 Å². The summed E-state index contributed by atoms with van der Waals surface area (Å²) in [6, 6.07) is 19.4. The quantitative estimate of drug-likeness (QED) is 0.445. The van der Waals surface area contributed by atoms with Crippen molar-refractivity contribution in [1.29, 1.82) is 0 Å². The number of nitrogens with one attached hydrogen (secondary N) is 3. The molecule has 0 unspecified atom stereocenters. The number of fused-ring (bicyclic) bond motifs is 1. The van der Waals surface area contributed by atoms with Crippen molar-refractivity contribution in [3.63, 3.8) is 0 Å². The average molecular weight is 407 g/mol. The summed E-state index contributed by atoms with van der Waals surface area (Å²) in [5, 5.41) is 4.31. The first-order valence-corrected chi connectivity index (χ1v) is 11.0. The molecule has 0 amide bonds. The number of benzene rings is 2. The van der Waals surface area contributed by atoms with Gasteiger partial charge >= 0.3 is 0 Å². The minimum absolute atomic E-state index is 0.0786. The Kier molecular flexibility index (Phi) is 4.94. The van der Waals surface area contributed by atoms with Crippen molar-refractivity contribution < 1.29 is 8.42 Å². The lowest BCUT2D eigenvalue weighted by Crippen LogP contribution is -2.09. The molecular formula is C21H21N5O2S. The standard InChI is InChI=1S/C21H21N5O2S/c1-14(15-7-4-3-5-8-15)24-20-18-12-19(25-21(18)23-13-22-20)16-9-6-10-17(11-16)26-29(2,27)28/h3-14,26H,1-2H3,(H2,22,23,24,25)/t14-/m1/s1. The Labute approximate surface area is 169 Å². The van der Waals surface area contributed by atoms with Crippen LogP contribution in [0.25, 0.3) is 22.3 Å². The first-order valence-electron chi connectivity index (χ1n) is 9.12. The first-order chi connectivity index (χ1) is 13.9. The zero-order valence-corrected chi connectivity index (χ0v) is 16.9. The minimum Gasteiger partial charge on any atom is -0.363 e. The van der Waals surface area contributed by atoms with Crippen LogP contribution in [0.2, 0.25) is 0 Å². The Morgan fingerprint density at radius 3 is 2.55 bits per heavy atom. The van der Waals surface area contributed by atoms with Crippen molar-refractivity contribution in [2.24, 2.45) is 0 Å². The molecule has 4 aromatic rings. The molecule has 0 bridgehead atoms. The fourth-order valence-corrected chi connectivity index (χ4v) is 3.76. The monoisotopic (exact) mass is 407 g/mol. The van der Waals surface area contributed by atoms with E-state index in [9.17, 15) is 8.42 Å². The Bertz CT molecular complexity index is 1250. The Hall–Kier alpha value is -3.39. The van der Waals surface area contributed by atoms with Gasteiger partial charge in [0, 0.05) is 23.0 Å². The van der Waals surface area contributed by atoms with E-state index in [0.717, 1.165) is 34.3 Å². The van der Waals surface area contributed by atoms with Crippen LogP contribution in [0.5, 0.6) is 0 Å². The molecule has 148 valence electrons. The summed E-state index contributed by atoms with van der Waals surface area (Å²) in [6.07, 6.45) is 2.65. The van der Waals surface area contributed by atoms with Gasteiger partial charge in [0.1, 0.15) is 17.8 Å². The Balaban J connectivity index is 1.67. The maximum absolute atomic E-state index is 11.5. The van der Waals surface area contributed by atoms with E-state index in [4.69, 9.17) is 0 Å². The predicted octanol–water partition coefficient (Wildman–Crippen LogP) is 4.17. The molecule has 3 N–H and O–H groups in total. The number of hydrogen-bond acceptors (Lipinski definition) is 5. The molecule has 0 aliphatic heterocycles. The lowest BCUT2D eigenvalue weighted by atomic mass is 10.1. The van der Waals surface area contributed by atoms with Crippen LogP contribution in [-0.4, -0.2) is 29.6 Å². The lowest BCUT2D eigenvalue weighted by molar-refractivity contribution is 0.607. The number of rotatable bonds is 6. The molecule has 0 spiro atoms. The summed E-state index contributed by atoms with van der Waals surface area (Å²) in [7, 11) is -3.34. The third kappa shape index (κ3) is 4.38. The zero-order chi connectivity index (χ0) is 20.4. The molecule has 0 saturated heterocycles. The number of nitrogens with zero attached hydrogens (tertiary/aromatic N) is 2. The van der Waals surface area contributed by atoms with Crippen molar-refractivity contribution in [2.45, 2.75) is 13.0 Å². The van der Waals surface area contributed by atoms with Crippen molar-refractivity contribution in [1.82, 2.24) is 15.0 Å². The molecule has 29 heavy (non-hydrogen) atoms. The molecule has 2 heterocycles. The molecule has 0 aliphatic carbocycles. The van der Waals surface area contributed by atoms with Gasteiger partial charge in [0.05, 0.1) is 11.6 Å². The van der Waals surface area contributed by atoms with Gasteiger partial charge in [-0.15, -0.1) is 0 Å². The molecule has 2 aromatic carbocycles. The molecule has 0 aliphatic rings. The molecule has 0 radical (unpaired) electrons. The number of hydrogen-bond donors (Lipinski definition) is 3. The third-order valence-electron chi connectivity index (χ3n) is 4.56. The predicted molar refractivity (Wildman–Crippen MR) is 116 cm³/mol. The van der Waals surface area contributed by atoms with Gasteiger partial charge in [-0.1, -0.05) is 42.5 Å². The second-order valence-electron chi connectivity index (χ2n) is 6.90. The van der Waals surface area contributed by atoms with E-state index >= 15 is 0 Å². The molecule has 0 saturated carbocycles. The summed E-state index contributed by atoms with van der Waals surface area (Å²) in [6.45, 7) is 2.08. The van der Waals surface area contributed by atoms with E-state index in [2.05, 4.69) is 44.0 Å². The van der Waals surface area contributed by atoms with Crippen molar-refractivity contribution >= 4 is 32.6 Å². The van der Waals surface area contributed by atoms with E-state index in [0.29, 0.717) is 11.3 Å². The zero-order valence-electron chi connectivity index (χ0n) is 16.0. The van der Waals surface area contributed by atoms with E-state index in [1.165, 1.54) is 6.33 Å². The third-order valence-corrected chi connectivity index (χ3v) is 5.16. The van der Waals surface area contributed by atoms with E-state index < -0.39 is 10.0 Å². The highest BCUT2D eigenvalue weighted by molar-refractivity contribution is 7.92. The van der Waals surface area contributed by atoms with Crippen LogP contribution in [0.1, 0.15) is 18.5 Å². The van der Waals surface area contributed by atoms with Gasteiger partial charge < -0.3 is 10.3 Å². The summed E-state index contributed by atoms with van der Waals surface area (Å²) in [5.74, 6) is 0.735. The van der Waals surface area contributed by atoms with Gasteiger partial charge in [-0.25, -0.2) is 18.4 Å². The SMILES string of the molecule is C[C@@H](Nc1ncnc2[nH]c(-c3cccc(NS(C)(=O)=O)c3)cc12)c1ccccc1. The summed E-state index contributed by atoms with van der Waals surface area (Å²) < 4.78 is 25.5. The highest BCUT2D eigenvalue weighted by Crippen LogP contribution is 2.30. The molecule has 1 atom stereocenters. The molecule has 2 aromatic heterocycles. The number of aromatic nitrogens is 3.